The first-order chi connectivity index (χ1) is 17.8. The van der Waals surface area contributed by atoms with E-state index >= 15 is 0 Å². The van der Waals surface area contributed by atoms with Crippen LogP contribution in [-0.4, -0.2) is 32.5 Å². The number of imide groups is 1. The third-order valence-electron chi connectivity index (χ3n) is 8.06. The lowest BCUT2D eigenvalue weighted by molar-refractivity contribution is -0.384. The molecule has 1 aliphatic heterocycles. The molecule has 0 N–H and O–H groups in total. The van der Waals surface area contributed by atoms with Gasteiger partial charge in [-0.15, -0.1) is 0 Å². The number of carbonyl (C=O) groups is 2. The average molecular weight is 495 g/mol. The number of nitro benzene ring substituents is 1. The Bertz CT molecular complexity index is 1450. The largest absolute Gasteiger partial charge is 0.318 e. The lowest BCUT2D eigenvalue weighted by Crippen LogP contribution is -2.38. The molecule has 8 nitrogen and oxygen atoms in total. The first-order valence-corrected chi connectivity index (χ1v) is 12.5. The molecule has 2 amide bonds. The third kappa shape index (κ3) is 3.71. The van der Waals surface area contributed by atoms with Crippen LogP contribution in [0.3, 0.4) is 0 Å². The summed E-state index contributed by atoms with van der Waals surface area (Å²) in [5, 5.41) is 16.4. The molecule has 4 aliphatic rings. The van der Waals surface area contributed by atoms with Gasteiger partial charge in [-0.2, -0.15) is 10.1 Å². The quantitative estimate of drug-likeness (QED) is 0.160. The first-order valence-electron chi connectivity index (χ1n) is 12.5. The number of hydrogen-bond acceptors (Lipinski definition) is 5. The molecule has 186 valence electrons. The monoisotopic (exact) mass is 494 g/mol. The van der Waals surface area contributed by atoms with E-state index in [4.69, 9.17) is 0 Å². The molecule has 0 spiro atoms. The first kappa shape index (κ1) is 23.1. The van der Waals surface area contributed by atoms with Gasteiger partial charge in [0.1, 0.15) is 0 Å². The van der Waals surface area contributed by atoms with E-state index in [-0.39, 0.29) is 41.2 Å². The number of nitrogens with zero attached hydrogens (tertiary/aromatic N) is 4. The number of aryl methyl sites for hydroxylation is 1. The van der Waals surface area contributed by atoms with Gasteiger partial charge < -0.3 is 4.57 Å². The number of hydrogen-bond donors (Lipinski definition) is 0. The highest BCUT2D eigenvalue weighted by Crippen LogP contribution is 2.49. The van der Waals surface area contributed by atoms with Crippen LogP contribution in [0.4, 0.5) is 5.69 Å². The number of amides is 2. The molecule has 2 bridgehead atoms. The van der Waals surface area contributed by atoms with Gasteiger partial charge in [0.2, 0.25) is 0 Å². The zero-order valence-corrected chi connectivity index (χ0v) is 20.6. The molecule has 2 heterocycles. The van der Waals surface area contributed by atoms with Gasteiger partial charge in [-0.3, -0.25) is 19.7 Å². The zero-order chi connectivity index (χ0) is 25.8. The van der Waals surface area contributed by atoms with Crippen molar-refractivity contribution in [1.29, 1.82) is 0 Å². The molecule has 0 radical (unpaired) electrons. The smallest absolute Gasteiger partial charge is 0.269 e. The number of aromatic nitrogens is 1. The van der Waals surface area contributed by atoms with E-state index in [1.165, 1.54) is 12.1 Å². The highest BCUT2D eigenvalue weighted by molar-refractivity contribution is 6.06. The second kappa shape index (κ2) is 8.65. The standard InChI is InChI=1S/C29H26N4O4/c1-17-15-23(16-30-32-28(34)26-21-3-4-22(6-5-21)27(26)29(32)35)18(2)31(17)24-11-7-19(8-12-24)20-9-13-25(14-10-20)33(36)37/h3-4,7-16,21-22,26-27H,5-6H2,1-2H3/b30-16+. The molecule has 4 atom stereocenters. The lowest BCUT2D eigenvalue weighted by atomic mass is 9.63. The highest BCUT2D eigenvalue weighted by atomic mass is 16.6. The van der Waals surface area contributed by atoms with E-state index in [0.29, 0.717) is 0 Å². The Morgan fingerprint density at radius 1 is 0.892 bits per heavy atom. The van der Waals surface area contributed by atoms with E-state index in [9.17, 15) is 19.7 Å². The summed E-state index contributed by atoms with van der Waals surface area (Å²) in [4.78, 5) is 36.6. The molecular formula is C29H26N4O4. The van der Waals surface area contributed by atoms with Crippen LogP contribution in [0.15, 0.2) is 71.9 Å². The Hall–Kier alpha value is -4.33. The molecule has 8 heteroatoms. The SMILES string of the molecule is Cc1cc(/C=N/N2C(=O)C3C4C=CC(CC4)C3C2=O)c(C)n1-c1ccc(-c2ccc([N+](=O)[O-])cc2)cc1. The molecule has 1 saturated carbocycles. The van der Waals surface area contributed by atoms with Crippen molar-refractivity contribution >= 4 is 23.7 Å². The van der Waals surface area contributed by atoms with Crippen LogP contribution in [0.25, 0.3) is 16.8 Å². The highest BCUT2D eigenvalue weighted by Gasteiger charge is 2.56. The number of carbonyl (C=O) groups excluding carboxylic acids is 2. The minimum Gasteiger partial charge on any atom is -0.318 e. The van der Waals surface area contributed by atoms with Crippen molar-refractivity contribution < 1.29 is 14.5 Å². The predicted molar refractivity (Wildman–Crippen MR) is 139 cm³/mol. The van der Waals surface area contributed by atoms with E-state index < -0.39 is 4.92 Å². The van der Waals surface area contributed by atoms with Crippen LogP contribution in [0.2, 0.25) is 0 Å². The second-order valence-electron chi connectivity index (χ2n) is 10.1. The van der Waals surface area contributed by atoms with Gasteiger partial charge in [-0.05, 0) is 80.0 Å². The van der Waals surface area contributed by atoms with Crippen molar-refractivity contribution in [2.75, 3.05) is 0 Å². The van der Waals surface area contributed by atoms with E-state index in [1.807, 2.05) is 44.2 Å². The van der Waals surface area contributed by atoms with E-state index in [2.05, 4.69) is 21.8 Å². The van der Waals surface area contributed by atoms with Crippen molar-refractivity contribution in [3.63, 3.8) is 0 Å². The zero-order valence-electron chi connectivity index (χ0n) is 20.6. The third-order valence-corrected chi connectivity index (χ3v) is 8.06. The van der Waals surface area contributed by atoms with E-state index in [0.717, 1.165) is 51.6 Å². The van der Waals surface area contributed by atoms with E-state index in [1.54, 1.807) is 18.3 Å². The predicted octanol–water partition coefficient (Wildman–Crippen LogP) is 5.20. The van der Waals surface area contributed by atoms with Gasteiger partial charge in [0, 0.05) is 34.8 Å². The maximum absolute atomic E-state index is 13.1. The Kier molecular flexibility index (Phi) is 5.40. The van der Waals surface area contributed by atoms with Crippen LogP contribution in [0.5, 0.6) is 0 Å². The van der Waals surface area contributed by atoms with Crippen LogP contribution < -0.4 is 0 Å². The Morgan fingerprint density at radius 3 is 1.95 bits per heavy atom. The molecule has 1 saturated heterocycles. The number of rotatable bonds is 5. The number of fused-ring (bicyclic) bond motifs is 1. The minimum absolute atomic E-state index is 0.0632. The van der Waals surface area contributed by atoms with Crippen molar-refractivity contribution in [1.82, 2.24) is 9.58 Å². The van der Waals surface area contributed by atoms with Crippen LogP contribution >= 0.6 is 0 Å². The van der Waals surface area contributed by atoms with Gasteiger partial charge in [0.25, 0.3) is 17.5 Å². The summed E-state index contributed by atoms with van der Waals surface area (Å²) in [6.07, 6.45) is 7.75. The summed E-state index contributed by atoms with van der Waals surface area (Å²) in [5.41, 5.74) is 5.66. The van der Waals surface area contributed by atoms with Crippen molar-refractivity contribution in [3.8, 4) is 16.8 Å². The number of hydrazone groups is 1. The number of nitro groups is 1. The van der Waals surface area contributed by atoms with Gasteiger partial charge in [0.05, 0.1) is 23.0 Å². The van der Waals surface area contributed by atoms with Crippen molar-refractivity contribution in [2.45, 2.75) is 26.7 Å². The summed E-state index contributed by atoms with van der Waals surface area (Å²) in [6.45, 7) is 3.98. The molecule has 4 unspecified atom stereocenters. The molecule has 1 aromatic heterocycles. The summed E-state index contributed by atoms with van der Waals surface area (Å²) >= 11 is 0. The summed E-state index contributed by atoms with van der Waals surface area (Å²) in [5.74, 6) is -0.608. The molecule has 3 aromatic rings. The molecule has 2 aromatic carbocycles. The Balaban J connectivity index is 1.23. The summed E-state index contributed by atoms with van der Waals surface area (Å²) < 4.78 is 2.10. The normalized spacial score (nSPS) is 24.3. The molecule has 7 rings (SSSR count). The maximum atomic E-state index is 13.1. The number of allylic oxidation sites excluding steroid dienone is 2. The van der Waals surface area contributed by atoms with Gasteiger partial charge in [-0.25, -0.2) is 0 Å². The summed E-state index contributed by atoms with van der Waals surface area (Å²) in [6, 6.07) is 16.4. The minimum atomic E-state index is -0.408. The molecular weight excluding hydrogens is 468 g/mol. The topological polar surface area (TPSA) is 97.8 Å². The van der Waals surface area contributed by atoms with Gasteiger partial charge >= 0.3 is 0 Å². The Morgan fingerprint density at radius 2 is 1.43 bits per heavy atom. The van der Waals surface area contributed by atoms with Crippen LogP contribution in [0.1, 0.15) is 29.8 Å². The fourth-order valence-corrected chi connectivity index (χ4v) is 6.19. The van der Waals surface area contributed by atoms with Gasteiger partial charge in [0.15, 0.2) is 0 Å². The van der Waals surface area contributed by atoms with Crippen LogP contribution in [-0.2, 0) is 9.59 Å². The average Bonchev–Trinajstić information content (AvgIpc) is 3.35. The van der Waals surface area contributed by atoms with Crippen molar-refractivity contribution in [3.05, 3.63) is 93.8 Å². The number of benzene rings is 2. The molecule has 37 heavy (non-hydrogen) atoms. The maximum Gasteiger partial charge on any atom is 0.269 e. The van der Waals surface area contributed by atoms with Crippen molar-refractivity contribution in [2.24, 2.45) is 28.8 Å². The molecule has 3 aliphatic carbocycles. The molecule has 2 fully saturated rings. The lowest BCUT2D eigenvalue weighted by Gasteiger charge is -2.37. The van der Waals surface area contributed by atoms with Crippen LogP contribution in [0, 0.1) is 47.6 Å². The van der Waals surface area contributed by atoms with Gasteiger partial charge in [-0.1, -0.05) is 24.3 Å². The fraction of sp³-hybridized carbons (Fsp3) is 0.276. The number of non-ortho nitro benzene ring substituents is 1. The fourth-order valence-electron chi connectivity index (χ4n) is 6.19. The second-order valence-corrected chi connectivity index (χ2v) is 10.1. The Labute approximate surface area is 214 Å². The summed E-state index contributed by atoms with van der Waals surface area (Å²) in [7, 11) is 0.